The topological polar surface area (TPSA) is 125 Å². The van der Waals surface area contributed by atoms with Crippen LogP contribution in [0.5, 0.6) is 0 Å². The summed E-state index contributed by atoms with van der Waals surface area (Å²) < 4.78 is 16.6. The number of H-pyrrole nitrogens is 1. The number of benzene rings is 1. The lowest BCUT2D eigenvalue weighted by atomic mass is 9.88. The Bertz CT molecular complexity index is 1280. The maximum atomic E-state index is 15.1. The van der Waals surface area contributed by atoms with E-state index in [0.29, 0.717) is 34.3 Å². The molecule has 1 aromatic carbocycles. The van der Waals surface area contributed by atoms with Crippen molar-refractivity contribution in [2.75, 3.05) is 11.9 Å². The van der Waals surface area contributed by atoms with Crippen molar-refractivity contribution in [3.8, 4) is 11.1 Å². The highest BCUT2D eigenvalue weighted by Crippen LogP contribution is 2.51. The molecule has 2 aliphatic rings. The predicted octanol–water partition coefficient (Wildman–Crippen LogP) is 3.76. The molecule has 0 saturated heterocycles. The molecule has 0 spiro atoms. The Morgan fingerprint density at radius 2 is 1.89 bits per heavy atom. The second kappa shape index (κ2) is 10.1. The molecule has 2 amide bonds. The number of aliphatic hydroxyl groups excluding tert-OH is 1. The fourth-order valence-electron chi connectivity index (χ4n) is 5.33. The first-order chi connectivity index (χ1) is 17.8. The van der Waals surface area contributed by atoms with Crippen LogP contribution in [0.15, 0.2) is 30.5 Å². The van der Waals surface area contributed by atoms with Crippen LogP contribution in [0, 0.1) is 37.4 Å². The lowest BCUT2D eigenvalue weighted by Crippen LogP contribution is -2.50. The Kier molecular flexibility index (Phi) is 6.85. The first-order valence-corrected chi connectivity index (χ1v) is 12.9. The van der Waals surface area contributed by atoms with Gasteiger partial charge < -0.3 is 15.7 Å². The summed E-state index contributed by atoms with van der Waals surface area (Å²) in [4.78, 5) is 26.9. The number of carbonyl (C=O) groups excluding carboxylic acids is 2. The van der Waals surface area contributed by atoms with Gasteiger partial charge in [0.15, 0.2) is 0 Å². The molecule has 2 heterocycles. The van der Waals surface area contributed by atoms with E-state index < -0.39 is 17.8 Å². The molecule has 37 heavy (non-hydrogen) atoms. The van der Waals surface area contributed by atoms with E-state index in [9.17, 15) is 14.7 Å². The van der Waals surface area contributed by atoms with E-state index in [0.717, 1.165) is 31.4 Å². The normalized spacial score (nSPS) is 17.0. The molecule has 196 valence electrons. The van der Waals surface area contributed by atoms with Crippen LogP contribution in [-0.4, -0.2) is 49.5 Å². The first kappa shape index (κ1) is 25.1. The molecule has 0 bridgehead atoms. The highest BCUT2D eigenvalue weighted by Gasteiger charge is 2.48. The maximum absolute atomic E-state index is 15.1. The van der Waals surface area contributed by atoms with Crippen molar-refractivity contribution in [2.45, 2.75) is 58.5 Å². The first-order valence-electron chi connectivity index (χ1n) is 12.9. The van der Waals surface area contributed by atoms with E-state index >= 15 is 4.39 Å². The van der Waals surface area contributed by atoms with Crippen molar-refractivity contribution in [3.05, 3.63) is 53.4 Å². The summed E-state index contributed by atoms with van der Waals surface area (Å²) in [5.74, 6) is -0.449. The van der Waals surface area contributed by atoms with Crippen molar-refractivity contribution in [1.82, 2.24) is 25.3 Å². The summed E-state index contributed by atoms with van der Waals surface area (Å²) >= 11 is 0. The summed E-state index contributed by atoms with van der Waals surface area (Å²) in [7, 11) is 0. The van der Waals surface area contributed by atoms with Gasteiger partial charge in [0.25, 0.3) is 5.91 Å². The predicted molar refractivity (Wildman–Crippen MR) is 136 cm³/mol. The number of nitrogens with zero attached hydrogens (tertiary/aromatic N) is 3. The van der Waals surface area contributed by atoms with Gasteiger partial charge in [0, 0.05) is 28.7 Å². The third-order valence-electron chi connectivity index (χ3n) is 7.51. The number of carbonyl (C=O) groups is 2. The maximum Gasteiger partial charge on any atom is 0.270 e. The molecule has 0 unspecified atom stereocenters. The van der Waals surface area contributed by atoms with Gasteiger partial charge in [-0.3, -0.25) is 19.4 Å². The smallest absolute Gasteiger partial charge is 0.270 e. The molecule has 4 N–H and O–H groups in total. The number of aromatic amines is 1. The van der Waals surface area contributed by atoms with Crippen molar-refractivity contribution >= 4 is 17.5 Å². The molecular weight excluding hydrogens is 475 g/mol. The molecule has 2 aromatic heterocycles. The standard InChI is InChI=1S/C27H33FN6O3/c1-14(13-35)34-22(10-11-29-34)26(36)31-25(24(17-4-5-17)18-6-7-18)27(37)30-19-8-9-20(21(28)12-19)23-15(2)32-33-16(23)3/h8-12,14,17-18,24-25,35H,4-7,13H2,1-3H3,(H,30,37)(H,31,36)(H,32,33)/t14-,25-/m0/s1. The van der Waals surface area contributed by atoms with Gasteiger partial charge >= 0.3 is 0 Å². The molecule has 2 aliphatic carbocycles. The highest BCUT2D eigenvalue weighted by molar-refractivity contribution is 6.01. The molecular formula is C27H33FN6O3. The van der Waals surface area contributed by atoms with Crippen LogP contribution in [0.3, 0.4) is 0 Å². The van der Waals surface area contributed by atoms with Crippen LogP contribution in [0.1, 0.15) is 60.5 Å². The second-order valence-electron chi connectivity index (χ2n) is 10.4. The van der Waals surface area contributed by atoms with Gasteiger partial charge in [-0.25, -0.2) is 4.39 Å². The van der Waals surface area contributed by atoms with E-state index in [4.69, 9.17) is 0 Å². The summed E-state index contributed by atoms with van der Waals surface area (Å²) in [6, 6.07) is 5.04. The molecule has 2 saturated carbocycles. The van der Waals surface area contributed by atoms with Crippen LogP contribution in [0.25, 0.3) is 11.1 Å². The summed E-state index contributed by atoms with van der Waals surface area (Å²) in [5, 5.41) is 26.5. The molecule has 0 radical (unpaired) electrons. The molecule has 2 fully saturated rings. The largest absolute Gasteiger partial charge is 0.394 e. The summed E-state index contributed by atoms with van der Waals surface area (Å²) in [5.41, 5.74) is 3.19. The number of hydrogen-bond acceptors (Lipinski definition) is 5. The summed E-state index contributed by atoms with van der Waals surface area (Å²) in [6.45, 7) is 5.24. The van der Waals surface area contributed by atoms with Gasteiger partial charge in [0.2, 0.25) is 5.91 Å². The molecule has 5 rings (SSSR count). The number of aliphatic hydroxyl groups is 1. The van der Waals surface area contributed by atoms with Crippen LogP contribution in [-0.2, 0) is 4.79 Å². The third kappa shape index (κ3) is 5.16. The number of nitrogens with one attached hydrogen (secondary N) is 3. The Balaban J connectivity index is 1.39. The number of hydrogen-bond donors (Lipinski definition) is 4. The second-order valence-corrected chi connectivity index (χ2v) is 10.4. The fraction of sp³-hybridized carbons (Fsp3) is 0.481. The number of aromatic nitrogens is 4. The van der Waals surface area contributed by atoms with Gasteiger partial charge in [-0.15, -0.1) is 0 Å². The van der Waals surface area contributed by atoms with E-state index in [1.165, 1.54) is 16.9 Å². The average molecular weight is 509 g/mol. The number of aryl methyl sites for hydroxylation is 2. The SMILES string of the molecule is Cc1n[nH]c(C)c1-c1ccc(NC(=O)[C@@H](NC(=O)c2ccnn2[C@@H](C)CO)C(C2CC2)C2CC2)cc1F. The number of rotatable bonds is 10. The Morgan fingerprint density at radius 3 is 2.46 bits per heavy atom. The quantitative estimate of drug-likeness (QED) is 0.332. The molecule has 9 nitrogen and oxygen atoms in total. The van der Waals surface area contributed by atoms with Gasteiger partial charge in [0.05, 0.1) is 18.3 Å². The van der Waals surface area contributed by atoms with Crippen molar-refractivity contribution in [2.24, 2.45) is 17.8 Å². The van der Waals surface area contributed by atoms with E-state index in [-0.39, 0.29) is 30.2 Å². The Labute approximate surface area is 214 Å². The van der Waals surface area contributed by atoms with Crippen LogP contribution in [0.4, 0.5) is 10.1 Å². The van der Waals surface area contributed by atoms with E-state index in [1.54, 1.807) is 25.1 Å². The third-order valence-corrected chi connectivity index (χ3v) is 7.51. The molecule has 3 aromatic rings. The molecule has 0 aliphatic heterocycles. The average Bonchev–Trinajstić information content (AvgIpc) is 3.81. The minimum atomic E-state index is -0.763. The zero-order chi connectivity index (χ0) is 26.3. The Hall–Kier alpha value is -3.53. The Morgan fingerprint density at radius 1 is 1.19 bits per heavy atom. The van der Waals surface area contributed by atoms with Crippen molar-refractivity contribution in [3.63, 3.8) is 0 Å². The minimum Gasteiger partial charge on any atom is -0.394 e. The number of halogens is 1. The van der Waals surface area contributed by atoms with E-state index in [2.05, 4.69) is 25.9 Å². The highest BCUT2D eigenvalue weighted by atomic mass is 19.1. The van der Waals surface area contributed by atoms with E-state index in [1.807, 2.05) is 13.8 Å². The zero-order valence-corrected chi connectivity index (χ0v) is 21.3. The van der Waals surface area contributed by atoms with Crippen LogP contribution in [0.2, 0.25) is 0 Å². The summed E-state index contributed by atoms with van der Waals surface area (Å²) in [6.07, 6.45) is 5.64. The van der Waals surface area contributed by atoms with Gasteiger partial charge in [-0.2, -0.15) is 10.2 Å². The molecule has 2 atom stereocenters. The van der Waals surface area contributed by atoms with Gasteiger partial charge in [0.1, 0.15) is 17.6 Å². The van der Waals surface area contributed by atoms with Crippen molar-refractivity contribution < 1.29 is 19.1 Å². The number of anilines is 1. The van der Waals surface area contributed by atoms with Crippen LogP contribution >= 0.6 is 0 Å². The fourth-order valence-corrected chi connectivity index (χ4v) is 5.33. The lowest BCUT2D eigenvalue weighted by Gasteiger charge is -2.28. The molecule has 10 heteroatoms. The van der Waals surface area contributed by atoms with Gasteiger partial charge in [-0.1, -0.05) is 0 Å². The van der Waals surface area contributed by atoms with Gasteiger partial charge in [-0.05, 0) is 88.5 Å². The zero-order valence-electron chi connectivity index (χ0n) is 21.3. The monoisotopic (exact) mass is 508 g/mol. The van der Waals surface area contributed by atoms with Crippen LogP contribution < -0.4 is 10.6 Å². The number of amides is 2. The lowest BCUT2D eigenvalue weighted by molar-refractivity contribution is -0.119. The minimum absolute atomic E-state index is 0.0240. The van der Waals surface area contributed by atoms with Crippen molar-refractivity contribution in [1.29, 1.82) is 0 Å².